The molecule has 0 spiro atoms. The van der Waals surface area contributed by atoms with Crippen molar-refractivity contribution in [1.29, 1.82) is 0 Å². The van der Waals surface area contributed by atoms with Crippen molar-refractivity contribution in [1.82, 2.24) is 24.6 Å². The number of likely N-dealkylation sites (N-methyl/N-ethyl adjacent to an activating group) is 1. The summed E-state index contributed by atoms with van der Waals surface area (Å²) in [5.41, 5.74) is 1.63. The largest absolute Gasteiger partial charge is 0.492 e. The van der Waals surface area contributed by atoms with E-state index in [-0.39, 0.29) is 37.1 Å². The second-order valence-electron chi connectivity index (χ2n) is 8.57. The van der Waals surface area contributed by atoms with E-state index in [2.05, 4.69) is 20.4 Å². The lowest BCUT2D eigenvalue weighted by Crippen LogP contribution is -2.33. The predicted octanol–water partition coefficient (Wildman–Crippen LogP) is 1.70. The van der Waals surface area contributed by atoms with Crippen LogP contribution in [0.3, 0.4) is 0 Å². The Bertz CT molecular complexity index is 1200. The zero-order valence-corrected chi connectivity index (χ0v) is 21.0. The summed E-state index contributed by atoms with van der Waals surface area (Å²) in [6.07, 6.45) is 3.96. The third-order valence-corrected chi connectivity index (χ3v) is 5.67. The van der Waals surface area contributed by atoms with Gasteiger partial charge in [0.1, 0.15) is 31.1 Å². The number of carbonyl (C=O) groups excluding carboxylic acids is 2. The Balaban J connectivity index is 1.19. The molecule has 0 bridgehead atoms. The van der Waals surface area contributed by atoms with Crippen LogP contribution in [0.1, 0.15) is 12.0 Å². The van der Waals surface area contributed by atoms with Gasteiger partial charge in [0, 0.05) is 31.9 Å². The van der Waals surface area contributed by atoms with E-state index in [0.717, 1.165) is 11.3 Å². The molecule has 3 aromatic rings. The fourth-order valence-electron chi connectivity index (χ4n) is 3.58. The monoisotopic (exact) mass is 510 g/mol. The Hall–Kier alpha value is -4.19. The van der Waals surface area contributed by atoms with Crippen molar-refractivity contribution in [2.45, 2.75) is 32.1 Å². The highest BCUT2D eigenvalue weighted by Gasteiger charge is 2.33. The lowest BCUT2D eigenvalue weighted by Gasteiger charge is -2.17. The maximum atomic E-state index is 12.6. The lowest BCUT2D eigenvalue weighted by molar-refractivity contribution is -0.131. The van der Waals surface area contributed by atoms with Gasteiger partial charge in [0.25, 0.3) is 5.91 Å². The van der Waals surface area contributed by atoms with Crippen LogP contribution in [0.25, 0.3) is 0 Å². The Morgan fingerprint density at radius 1 is 1.24 bits per heavy atom. The van der Waals surface area contributed by atoms with Gasteiger partial charge < -0.3 is 29.2 Å². The molecule has 2 atom stereocenters. The van der Waals surface area contributed by atoms with Crippen LogP contribution in [0.2, 0.25) is 0 Å². The predicted molar refractivity (Wildman–Crippen MR) is 133 cm³/mol. The Morgan fingerprint density at radius 3 is 2.84 bits per heavy atom. The third-order valence-electron chi connectivity index (χ3n) is 5.67. The second kappa shape index (κ2) is 12.2. The van der Waals surface area contributed by atoms with Crippen LogP contribution in [0.4, 0.5) is 5.69 Å². The van der Waals surface area contributed by atoms with E-state index >= 15 is 0 Å². The van der Waals surface area contributed by atoms with Crippen LogP contribution >= 0.6 is 0 Å². The average Bonchev–Trinajstić information content (AvgIpc) is 3.54. The summed E-state index contributed by atoms with van der Waals surface area (Å²) in [7, 11) is 3.18. The zero-order chi connectivity index (χ0) is 26.2. The van der Waals surface area contributed by atoms with Gasteiger partial charge in [0.15, 0.2) is 0 Å². The highest BCUT2D eigenvalue weighted by atomic mass is 16.6. The number of hydrogen-bond donors (Lipinski definition) is 1. The molecular formula is C25H30N6O6. The summed E-state index contributed by atoms with van der Waals surface area (Å²) >= 11 is 0. The Kier molecular flexibility index (Phi) is 8.52. The molecule has 0 unspecified atom stereocenters. The van der Waals surface area contributed by atoms with Crippen molar-refractivity contribution < 1.29 is 28.5 Å². The van der Waals surface area contributed by atoms with Gasteiger partial charge in [-0.25, -0.2) is 4.98 Å². The molecule has 1 fully saturated rings. The smallest absolute Gasteiger partial charge is 0.319 e. The minimum absolute atomic E-state index is 0.0368. The van der Waals surface area contributed by atoms with Crippen LogP contribution in [-0.4, -0.2) is 82.6 Å². The van der Waals surface area contributed by atoms with Crippen molar-refractivity contribution in [2.75, 3.05) is 39.2 Å². The van der Waals surface area contributed by atoms with E-state index in [0.29, 0.717) is 31.1 Å². The topological polar surface area (TPSA) is 130 Å². The second-order valence-corrected chi connectivity index (χ2v) is 8.57. The van der Waals surface area contributed by atoms with Crippen LogP contribution in [0.15, 0.2) is 48.9 Å². The molecule has 4 rings (SSSR count). The molecule has 1 aromatic carbocycles. The molecule has 0 aliphatic carbocycles. The molecule has 1 aliphatic heterocycles. The molecule has 196 valence electrons. The number of rotatable bonds is 11. The van der Waals surface area contributed by atoms with Crippen molar-refractivity contribution in [2.24, 2.45) is 0 Å². The van der Waals surface area contributed by atoms with Crippen molar-refractivity contribution >= 4 is 17.5 Å². The molecular weight excluding hydrogens is 480 g/mol. The molecule has 12 nitrogen and oxygen atoms in total. The van der Waals surface area contributed by atoms with E-state index in [1.807, 2.05) is 31.2 Å². The molecule has 2 aromatic heterocycles. The Morgan fingerprint density at radius 2 is 2.05 bits per heavy atom. The number of methoxy groups -OCH3 is 1. The van der Waals surface area contributed by atoms with E-state index in [1.54, 1.807) is 24.2 Å². The Labute approximate surface area is 214 Å². The summed E-state index contributed by atoms with van der Waals surface area (Å²) in [4.78, 5) is 34.8. The zero-order valence-electron chi connectivity index (χ0n) is 21.0. The number of aromatic nitrogens is 4. The van der Waals surface area contributed by atoms with E-state index in [9.17, 15) is 9.59 Å². The van der Waals surface area contributed by atoms with E-state index in [1.165, 1.54) is 24.2 Å². The number of benzene rings is 1. The fourth-order valence-corrected chi connectivity index (χ4v) is 3.58. The molecule has 0 saturated carbocycles. The van der Waals surface area contributed by atoms with Gasteiger partial charge in [-0.15, -0.1) is 0 Å². The summed E-state index contributed by atoms with van der Waals surface area (Å²) in [6, 6.07) is 9.55. The van der Waals surface area contributed by atoms with Crippen LogP contribution in [0, 0.1) is 6.92 Å². The lowest BCUT2D eigenvalue weighted by atomic mass is 10.2. The fraction of sp³-hybridized carbons (Fsp3) is 0.400. The summed E-state index contributed by atoms with van der Waals surface area (Å²) in [5.74, 6) is 0.660. The van der Waals surface area contributed by atoms with Crippen LogP contribution in [-0.2, 0) is 20.9 Å². The highest BCUT2D eigenvalue weighted by molar-refractivity contribution is 5.94. The SMILES string of the molecule is COc1nccc(O[C@H]2CO[C@H](C(=O)Nc3cnn(CC(=O)N(C)CCOc4ccc(C)cc4)c3)C2)n1. The third kappa shape index (κ3) is 7.40. The first-order valence-electron chi connectivity index (χ1n) is 11.8. The van der Waals surface area contributed by atoms with Gasteiger partial charge in [-0.2, -0.15) is 10.1 Å². The molecule has 1 saturated heterocycles. The number of anilines is 1. The van der Waals surface area contributed by atoms with Gasteiger partial charge in [0.05, 0.1) is 32.1 Å². The van der Waals surface area contributed by atoms with Crippen molar-refractivity contribution in [3.63, 3.8) is 0 Å². The van der Waals surface area contributed by atoms with Gasteiger partial charge in [0.2, 0.25) is 11.8 Å². The number of amides is 2. The molecule has 1 N–H and O–H groups in total. The van der Waals surface area contributed by atoms with E-state index < -0.39 is 6.10 Å². The first kappa shape index (κ1) is 25.9. The molecule has 2 amide bonds. The van der Waals surface area contributed by atoms with Gasteiger partial charge >= 0.3 is 6.01 Å². The van der Waals surface area contributed by atoms with Gasteiger partial charge in [-0.3, -0.25) is 14.3 Å². The summed E-state index contributed by atoms with van der Waals surface area (Å²) in [5, 5.41) is 6.95. The molecule has 3 heterocycles. The van der Waals surface area contributed by atoms with Crippen molar-refractivity contribution in [3.8, 4) is 17.6 Å². The number of carbonyl (C=O) groups is 2. The summed E-state index contributed by atoms with van der Waals surface area (Å²) < 4.78 is 23.5. The van der Waals surface area contributed by atoms with Gasteiger partial charge in [-0.05, 0) is 19.1 Å². The van der Waals surface area contributed by atoms with Crippen LogP contribution in [0.5, 0.6) is 17.6 Å². The number of nitrogens with zero attached hydrogens (tertiary/aromatic N) is 5. The minimum atomic E-state index is -0.682. The average molecular weight is 511 g/mol. The molecule has 12 heteroatoms. The number of aryl methyl sites for hydroxylation is 1. The molecule has 37 heavy (non-hydrogen) atoms. The van der Waals surface area contributed by atoms with E-state index in [4.69, 9.17) is 18.9 Å². The van der Waals surface area contributed by atoms with Gasteiger partial charge in [-0.1, -0.05) is 17.7 Å². The minimum Gasteiger partial charge on any atom is -0.492 e. The maximum Gasteiger partial charge on any atom is 0.319 e. The number of ether oxygens (including phenoxy) is 4. The number of hydrogen-bond acceptors (Lipinski definition) is 9. The first-order valence-corrected chi connectivity index (χ1v) is 11.8. The quantitative estimate of drug-likeness (QED) is 0.410. The molecule has 0 radical (unpaired) electrons. The maximum absolute atomic E-state index is 12.6. The standard InChI is InChI=1S/C25H30N6O6/c1-17-4-6-19(7-5-17)35-11-10-30(2)23(32)15-31-14-18(13-27-31)28-24(33)21-12-20(16-36-21)37-22-8-9-26-25(29-22)34-3/h4-9,13-14,20-21H,10-12,15-16H2,1-3H3,(H,28,33)/t20-,21+/m1/s1. The summed E-state index contributed by atoms with van der Waals surface area (Å²) in [6.45, 7) is 3.11. The number of nitrogens with one attached hydrogen (secondary N) is 1. The normalized spacial score (nSPS) is 16.7. The first-order chi connectivity index (χ1) is 17.9. The molecule has 1 aliphatic rings. The van der Waals surface area contributed by atoms with Crippen LogP contribution < -0.4 is 19.5 Å². The van der Waals surface area contributed by atoms with Crippen molar-refractivity contribution in [3.05, 3.63) is 54.5 Å². The highest BCUT2D eigenvalue weighted by Crippen LogP contribution is 2.21.